The maximum atomic E-state index is 13.4. The Bertz CT molecular complexity index is 608. The van der Waals surface area contributed by atoms with E-state index >= 15 is 0 Å². The lowest BCUT2D eigenvalue weighted by Crippen LogP contribution is -2.22. The molecule has 0 amide bonds. The van der Waals surface area contributed by atoms with Crippen LogP contribution in [0.5, 0.6) is 0 Å². The van der Waals surface area contributed by atoms with E-state index in [0.717, 1.165) is 18.2 Å². The lowest BCUT2D eigenvalue weighted by Gasteiger charge is -2.07. The first-order valence-corrected chi connectivity index (χ1v) is 4.97. The van der Waals surface area contributed by atoms with Crippen LogP contribution in [-0.4, -0.2) is 4.57 Å². The Balaban J connectivity index is 2.41. The van der Waals surface area contributed by atoms with Gasteiger partial charge in [-0.1, -0.05) is 0 Å². The van der Waals surface area contributed by atoms with Crippen molar-refractivity contribution in [1.29, 1.82) is 0 Å². The number of hydrogen-bond acceptors (Lipinski definition) is 2. The minimum Gasteiger partial charge on any atom is -0.394 e. The topological polar surface area (TPSA) is 48.0 Å². The molecule has 5 heteroatoms. The van der Waals surface area contributed by atoms with Gasteiger partial charge in [0.2, 0.25) is 0 Å². The van der Waals surface area contributed by atoms with Gasteiger partial charge in [0.15, 0.2) is 0 Å². The van der Waals surface area contributed by atoms with Crippen molar-refractivity contribution in [2.45, 2.75) is 6.54 Å². The number of nitrogens with two attached hydrogens (primary N) is 1. The lowest BCUT2D eigenvalue weighted by atomic mass is 10.2. The van der Waals surface area contributed by atoms with E-state index in [-0.39, 0.29) is 17.8 Å². The minimum atomic E-state index is -0.555. The first kappa shape index (κ1) is 11.3. The fraction of sp³-hybridized carbons (Fsp3) is 0.0833. The van der Waals surface area contributed by atoms with Crippen LogP contribution in [0.2, 0.25) is 0 Å². The summed E-state index contributed by atoms with van der Waals surface area (Å²) in [5.41, 5.74) is 5.20. The van der Waals surface area contributed by atoms with Gasteiger partial charge in [-0.05, 0) is 30.3 Å². The first-order chi connectivity index (χ1) is 8.08. The van der Waals surface area contributed by atoms with Crippen molar-refractivity contribution in [1.82, 2.24) is 4.57 Å². The van der Waals surface area contributed by atoms with Crippen LogP contribution >= 0.6 is 0 Å². The summed E-state index contributed by atoms with van der Waals surface area (Å²) in [6, 6.07) is 6.16. The van der Waals surface area contributed by atoms with Crippen molar-refractivity contribution in [3.63, 3.8) is 0 Å². The first-order valence-electron chi connectivity index (χ1n) is 4.97. The maximum absolute atomic E-state index is 13.4. The fourth-order valence-electron chi connectivity index (χ4n) is 1.53. The van der Waals surface area contributed by atoms with Gasteiger partial charge in [-0.3, -0.25) is 4.79 Å². The highest BCUT2D eigenvalue weighted by molar-refractivity contribution is 5.34. The van der Waals surface area contributed by atoms with Gasteiger partial charge in [-0.15, -0.1) is 0 Å². The summed E-state index contributed by atoms with van der Waals surface area (Å²) in [6.45, 7) is -0.0481. The number of pyridine rings is 1. The molecule has 0 fully saturated rings. The molecule has 0 saturated carbocycles. The summed E-state index contributed by atoms with van der Waals surface area (Å²) < 4.78 is 27.6. The van der Waals surface area contributed by atoms with Crippen LogP contribution in [0.15, 0.2) is 41.3 Å². The number of anilines is 1. The highest BCUT2D eigenvalue weighted by Gasteiger charge is 2.06. The molecule has 0 unspecified atom stereocenters. The number of benzene rings is 1. The largest absolute Gasteiger partial charge is 0.394 e. The van der Waals surface area contributed by atoms with E-state index < -0.39 is 17.2 Å². The van der Waals surface area contributed by atoms with Gasteiger partial charge < -0.3 is 10.3 Å². The highest BCUT2D eigenvalue weighted by atomic mass is 19.1. The number of rotatable bonds is 2. The second-order valence-corrected chi connectivity index (χ2v) is 3.63. The summed E-state index contributed by atoms with van der Waals surface area (Å²) in [5, 5.41) is 0. The monoisotopic (exact) mass is 236 g/mol. The van der Waals surface area contributed by atoms with Gasteiger partial charge in [-0.2, -0.15) is 0 Å². The standard InChI is InChI=1S/C12H10F2N2O/c13-9-3-4-10(14)8(6-9)7-16-5-1-2-11(15)12(16)17/h1-6H,7,15H2. The molecule has 0 bridgehead atoms. The van der Waals surface area contributed by atoms with E-state index in [9.17, 15) is 13.6 Å². The molecule has 2 rings (SSSR count). The molecule has 0 spiro atoms. The van der Waals surface area contributed by atoms with Crippen LogP contribution in [0.4, 0.5) is 14.5 Å². The zero-order valence-corrected chi connectivity index (χ0v) is 8.86. The molecule has 0 aliphatic carbocycles. The molecule has 0 aliphatic heterocycles. The van der Waals surface area contributed by atoms with E-state index in [4.69, 9.17) is 5.73 Å². The molecule has 17 heavy (non-hydrogen) atoms. The zero-order chi connectivity index (χ0) is 12.4. The number of nitrogen functional groups attached to an aromatic ring is 1. The van der Waals surface area contributed by atoms with Crippen molar-refractivity contribution in [2.75, 3.05) is 5.73 Å². The fourth-order valence-corrected chi connectivity index (χ4v) is 1.53. The average Bonchev–Trinajstić information content (AvgIpc) is 2.30. The number of halogens is 2. The van der Waals surface area contributed by atoms with Crippen LogP contribution in [0.25, 0.3) is 0 Å². The summed E-state index contributed by atoms with van der Waals surface area (Å²) in [4.78, 5) is 11.6. The van der Waals surface area contributed by atoms with Gasteiger partial charge in [0.05, 0.1) is 12.2 Å². The predicted molar refractivity (Wildman–Crippen MR) is 60.6 cm³/mol. The highest BCUT2D eigenvalue weighted by Crippen LogP contribution is 2.10. The Morgan fingerprint density at radius 2 is 2.00 bits per heavy atom. The van der Waals surface area contributed by atoms with Gasteiger partial charge in [-0.25, -0.2) is 8.78 Å². The molecule has 1 heterocycles. The van der Waals surface area contributed by atoms with Crippen LogP contribution < -0.4 is 11.3 Å². The molecule has 0 radical (unpaired) electrons. The van der Waals surface area contributed by atoms with Crippen LogP contribution in [0.1, 0.15) is 5.56 Å². The molecule has 88 valence electrons. The second kappa shape index (κ2) is 4.37. The normalized spacial score (nSPS) is 10.5. The zero-order valence-electron chi connectivity index (χ0n) is 8.86. The molecule has 0 aliphatic rings. The minimum absolute atomic E-state index is 0.0481. The smallest absolute Gasteiger partial charge is 0.273 e. The van der Waals surface area contributed by atoms with Crippen molar-refractivity contribution in [2.24, 2.45) is 0 Å². The number of hydrogen-bond donors (Lipinski definition) is 1. The predicted octanol–water partition coefficient (Wildman–Crippen LogP) is 1.76. The molecular formula is C12H10F2N2O. The Labute approximate surface area is 96.1 Å². The molecule has 2 aromatic rings. The average molecular weight is 236 g/mol. The van der Waals surface area contributed by atoms with E-state index in [1.54, 1.807) is 6.07 Å². The molecule has 0 saturated heterocycles. The molecular weight excluding hydrogens is 226 g/mol. The second-order valence-electron chi connectivity index (χ2n) is 3.63. The van der Waals surface area contributed by atoms with Crippen molar-refractivity contribution in [3.05, 3.63) is 64.1 Å². The van der Waals surface area contributed by atoms with Crippen LogP contribution in [0.3, 0.4) is 0 Å². The molecule has 3 nitrogen and oxygen atoms in total. The van der Waals surface area contributed by atoms with E-state index in [1.807, 2.05) is 0 Å². The number of nitrogens with zero attached hydrogens (tertiary/aromatic N) is 1. The Morgan fingerprint density at radius 3 is 2.76 bits per heavy atom. The lowest BCUT2D eigenvalue weighted by molar-refractivity contribution is 0.575. The molecule has 1 aromatic heterocycles. The Morgan fingerprint density at radius 1 is 1.24 bits per heavy atom. The molecule has 0 atom stereocenters. The van der Waals surface area contributed by atoms with Crippen LogP contribution in [-0.2, 0) is 6.54 Å². The van der Waals surface area contributed by atoms with E-state index in [2.05, 4.69) is 0 Å². The third-order valence-corrected chi connectivity index (χ3v) is 2.40. The van der Waals surface area contributed by atoms with Crippen molar-refractivity contribution >= 4 is 5.69 Å². The van der Waals surface area contributed by atoms with Gasteiger partial charge >= 0.3 is 0 Å². The van der Waals surface area contributed by atoms with Crippen LogP contribution in [0, 0.1) is 11.6 Å². The quantitative estimate of drug-likeness (QED) is 0.863. The third kappa shape index (κ3) is 2.33. The van der Waals surface area contributed by atoms with Gasteiger partial charge in [0.25, 0.3) is 5.56 Å². The third-order valence-electron chi connectivity index (χ3n) is 2.40. The van der Waals surface area contributed by atoms with Gasteiger partial charge in [0, 0.05) is 11.8 Å². The van der Waals surface area contributed by atoms with E-state index in [0.29, 0.717) is 0 Å². The SMILES string of the molecule is Nc1cccn(Cc2cc(F)ccc2F)c1=O. The summed E-state index contributed by atoms with van der Waals surface area (Å²) in [6.07, 6.45) is 1.48. The van der Waals surface area contributed by atoms with Gasteiger partial charge in [0.1, 0.15) is 11.6 Å². The summed E-state index contributed by atoms with van der Waals surface area (Å²) in [7, 11) is 0. The summed E-state index contributed by atoms with van der Waals surface area (Å²) in [5.74, 6) is -1.10. The van der Waals surface area contributed by atoms with Crippen molar-refractivity contribution in [3.8, 4) is 0 Å². The Kier molecular flexibility index (Phi) is 2.91. The maximum Gasteiger partial charge on any atom is 0.273 e. The Hall–Kier alpha value is -2.17. The number of aromatic nitrogens is 1. The summed E-state index contributed by atoms with van der Waals surface area (Å²) >= 11 is 0. The molecule has 1 aromatic carbocycles. The van der Waals surface area contributed by atoms with E-state index in [1.165, 1.54) is 16.8 Å². The molecule has 2 N–H and O–H groups in total. The van der Waals surface area contributed by atoms with Crippen molar-refractivity contribution < 1.29 is 8.78 Å².